The van der Waals surface area contributed by atoms with Crippen LogP contribution in [0.3, 0.4) is 0 Å². The molecule has 2 aliphatic heterocycles. The van der Waals surface area contributed by atoms with E-state index in [9.17, 15) is 19.6 Å². The molecule has 2 atom stereocenters. The minimum Gasteiger partial charge on any atom is -0.482 e. The van der Waals surface area contributed by atoms with Gasteiger partial charge in [-0.1, -0.05) is 6.07 Å². The number of ether oxygens (including phenoxy) is 3. The van der Waals surface area contributed by atoms with Gasteiger partial charge in [-0.3, -0.25) is 14.5 Å². The molecule has 1 saturated heterocycles. The van der Waals surface area contributed by atoms with Crippen LogP contribution in [0.5, 0.6) is 11.6 Å². The smallest absolute Gasteiger partial charge is 0.415 e. The van der Waals surface area contributed by atoms with Crippen LogP contribution in [0, 0.1) is 17.2 Å². The van der Waals surface area contributed by atoms with Gasteiger partial charge >= 0.3 is 6.09 Å². The summed E-state index contributed by atoms with van der Waals surface area (Å²) >= 11 is 0. The van der Waals surface area contributed by atoms with Crippen LogP contribution in [0.1, 0.15) is 23.1 Å². The van der Waals surface area contributed by atoms with Crippen molar-refractivity contribution in [2.75, 3.05) is 50.1 Å². The molecule has 3 aliphatic rings. The molecule has 3 N–H and O–H groups in total. The standard InChI is InChI=1S/C25H27N7O6/c1-27-21(33)12-36-19-3-2-15-6-14(7-17(15)18(19)8-26)9-28-5-4-16-11-32(25(35)38-16)20-10-29-24-23(30-20)31-22(34)13-37-24/h2-3,10,14,16,28H,4-7,9,11-13H2,1H3,(H,27,33)(H,30,31,34). The second-order valence-electron chi connectivity index (χ2n) is 9.25. The molecule has 0 bridgehead atoms. The Kier molecular flexibility index (Phi) is 7.23. The Bertz CT molecular complexity index is 1310. The molecule has 13 heteroatoms. The van der Waals surface area contributed by atoms with E-state index in [0.717, 1.165) is 30.5 Å². The molecule has 38 heavy (non-hydrogen) atoms. The molecular weight excluding hydrogens is 494 g/mol. The highest BCUT2D eigenvalue weighted by atomic mass is 16.6. The molecule has 1 fully saturated rings. The van der Waals surface area contributed by atoms with Crippen molar-refractivity contribution in [3.63, 3.8) is 0 Å². The lowest BCUT2D eigenvalue weighted by atomic mass is 10.0. The van der Waals surface area contributed by atoms with Gasteiger partial charge in [0.05, 0.1) is 18.3 Å². The first-order valence-corrected chi connectivity index (χ1v) is 12.3. The number of likely N-dealkylation sites (N-methyl/N-ethyl adjacent to an activating group) is 1. The Labute approximate surface area is 218 Å². The van der Waals surface area contributed by atoms with Gasteiger partial charge in [-0.05, 0) is 55.5 Å². The molecule has 0 saturated carbocycles. The fourth-order valence-electron chi connectivity index (χ4n) is 4.78. The highest BCUT2D eigenvalue weighted by Crippen LogP contribution is 2.34. The molecule has 2 aromatic rings. The normalized spacial score (nSPS) is 19.5. The Morgan fingerprint density at radius 2 is 2.21 bits per heavy atom. The van der Waals surface area contributed by atoms with Crippen LogP contribution in [-0.4, -0.2) is 73.9 Å². The van der Waals surface area contributed by atoms with E-state index in [1.807, 2.05) is 6.07 Å². The van der Waals surface area contributed by atoms with E-state index < -0.39 is 6.09 Å². The third kappa shape index (κ3) is 5.30. The minimum atomic E-state index is -0.517. The summed E-state index contributed by atoms with van der Waals surface area (Å²) in [7, 11) is 1.53. The van der Waals surface area contributed by atoms with Crippen molar-refractivity contribution in [3.05, 3.63) is 35.0 Å². The van der Waals surface area contributed by atoms with Gasteiger partial charge in [0.2, 0.25) is 0 Å². The Balaban J connectivity index is 1.09. The number of carbonyl (C=O) groups excluding carboxylic acids is 3. The van der Waals surface area contributed by atoms with Crippen molar-refractivity contribution in [2.45, 2.75) is 25.4 Å². The van der Waals surface area contributed by atoms with E-state index in [1.54, 1.807) is 6.07 Å². The van der Waals surface area contributed by atoms with Crippen LogP contribution in [0.15, 0.2) is 18.3 Å². The lowest BCUT2D eigenvalue weighted by Crippen LogP contribution is -2.30. The molecule has 1 aliphatic carbocycles. The number of aromatic nitrogens is 2. The predicted molar refractivity (Wildman–Crippen MR) is 133 cm³/mol. The predicted octanol–water partition coefficient (Wildman–Crippen LogP) is 0.524. The number of rotatable bonds is 9. The molecule has 1 aromatic heterocycles. The number of nitrogens with zero attached hydrogens (tertiary/aromatic N) is 4. The SMILES string of the molecule is CNC(=O)COc1ccc2c(c1C#N)CC(CNCCC1CN(c3cnc4c(n3)NC(=O)CO4)C(=O)O1)C2. The average Bonchev–Trinajstić information content (AvgIpc) is 3.51. The summed E-state index contributed by atoms with van der Waals surface area (Å²) in [5.41, 5.74) is 2.58. The maximum atomic E-state index is 12.4. The molecule has 13 nitrogen and oxygen atoms in total. The third-order valence-corrected chi connectivity index (χ3v) is 6.67. The number of anilines is 2. The Morgan fingerprint density at radius 3 is 3.03 bits per heavy atom. The number of hydrogen-bond donors (Lipinski definition) is 3. The zero-order valence-electron chi connectivity index (χ0n) is 20.8. The Morgan fingerprint density at radius 1 is 1.34 bits per heavy atom. The maximum Gasteiger partial charge on any atom is 0.415 e. The topological polar surface area (TPSA) is 168 Å². The summed E-state index contributed by atoms with van der Waals surface area (Å²) in [6, 6.07) is 5.95. The van der Waals surface area contributed by atoms with Gasteiger partial charge in [-0.2, -0.15) is 5.26 Å². The van der Waals surface area contributed by atoms with Gasteiger partial charge in [-0.15, -0.1) is 0 Å². The van der Waals surface area contributed by atoms with E-state index in [1.165, 1.54) is 18.1 Å². The lowest BCUT2D eigenvalue weighted by molar-refractivity contribution is -0.122. The second-order valence-corrected chi connectivity index (χ2v) is 9.25. The zero-order chi connectivity index (χ0) is 26.6. The summed E-state index contributed by atoms with van der Waals surface area (Å²) < 4.78 is 16.2. The summed E-state index contributed by atoms with van der Waals surface area (Å²) in [4.78, 5) is 45.2. The van der Waals surface area contributed by atoms with Crippen molar-refractivity contribution in [3.8, 4) is 17.7 Å². The van der Waals surface area contributed by atoms with Crippen LogP contribution >= 0.6 is 0 Å². The van der Waals surface area contributed by atoms with Gasteiger partial charge < -0.3 is 30.2 Å². The first kappa shape index (κ1) is 25.2. The molecule has 0 radical (unpaired) electrons. The number of benzene rings is 1. The molecule has 2 unspecified atom stereocenters. The van der Waals surface area contributed by atoms with Crippen LogP contribution in [-0.2, 0) is 27.2 Å². The van der Waals surface area contributed by atoms with Gasteiger partial charge in [0, 0.05) is 7.05 Å². The molecule has 5 rings (SSSR count). The quantitative estimate of drug-likeness (QED) is 0.396. The number of carbonyl (C=O) groups is 3. The number of fused-ring (bicyclic) bond motifs is 2. The Hall–Kier alpha value is -4.44. The molecular formula is C25H27N7O6. The fraction of sp³-hybridized carbons (Fsp3) is 0.440. The van der Waals surface area contributed by atoms with Crippen molar-refractivity contribution in [1.82, 2.24) is 20.6 Å². The van der Waals surface area contributed by atoms with E-state index in [4.69, 9.17) is 14.2 Å². The monoisotopic (exact) mass is 521 g/mol. The van der Waals surface area contributed by atoms with E-state index in [-0.39, 0.29) is 48.6 Å². The fourth-order valence-corrected chi connectivity index (χ4v) is 4.78. The summed E-state index contributed by atoms with van der Waals surface area (Å²) in [5, 5.41) is 18.2. The molecule has 3 heterocycles. The average molecular weight is 522 g/mol. The van der Waals surface area contributed by atoms with Crippen molar-refractivity contribution in [1.29, 1.82) is 5.26 Å². The van der Waals surface area contributed by atoms with Crippen LogP contribution < -0.4 is 30.3 Å². The van der Waals surface area contributed by atoms with E-state index in [2.05, 4.69) is 32.0 Å². The summed E-state index contributed by atoms with van der Waals surface area (Å²) in [5.74, 6) is 0.828. The summed E-state index contributed by atoms with van der Waals surface area (Å²) in [6.45, 7) is 1.45. The van der Waals surface area contributed by atoms with Gasteiger partial charge in [0.15, 0.2) is 24.8 Å². The lowest BCUT2D eigenvalue weighted by Gasteiger charge is -2.18. The number of nitrogens with one attached hydrogen (secondary N) is 3. The zero-order valence-corrected chi connectivity index (χ0v) is 20.8. The van der Waals surface area contributed by atoms with E-state index in [0.29, 0.717) is 36.7 Å². The summed E-state index contributed by atoms with van der Waals surface area (Å²) in [6.07, 6.45) is 2.78. The van der Waals surface area contributed by atoms with Crippen molar-refractivity contribution >= 4 is 29.5 Å². The molecule has 3 amide bonds. The second kappa shape index (κ2) is 10.9. The molecule has 1 aromatic carbocycles. The van der Waals surface area contributed by atoms with Gasteiger partial charge in [-0.25, -0.2) is 14.8 Å². The highest BCUT2D eigenvalue weighted by molar-refractivity contribution is 5.94. The number of nitriles is 1. The highest BCUT2D eigenvalue weighted by Gasteiger charge is 2.34. The van der Waals surface area contributed by atoms with Crippen LogP contribution in [0.4, 0.5) is 16.4 Å². The maximum absolute atomic E-state index is 12.4. The largest absolute Gasteiger partial charge is 0.482 e. The van der Waals surface area contributed by atoms with Crippen LogP contribution in [0.25, 0.3) is 0 Å². The minimum absolute atomic E-state index is 0.122. The van der Waals surface area contributed by atoms with Gasteiger partial charge in [0.25, 0.3) is 17.7 Å². The first-order valence-electron chi connectivity index (χ1n) is 12.3. The number of hydrogen-bond acceptors (Lipinski definition) is 10. The van der Waals surface area contributed by atoms with Crippen molar-refractivity contribution < 1.29 is 28.6 Å². The first-order chi connectivity index (χ1) is 18.4. The number of cyclic esters (lactones) is 1. The molecule has 0 spiro atoms. The van der Waals surface area contributed by atoms with E-state index >= 15 is 0 Å². The van der Waals surface area contributed by atoms with Gasteiger partial charge in [0.1, 0.15) is 17.9 Å². The van der Waals surface area contributed by atoms with Crippen molar-refractivity contribution in [2.24, 2.45) is 5.92 Å². The number of amides is 3. The third-order valence-electron chi connectivity index (χ3n) is 6.67. The van der Waals surface area contributed by atoms with Crippen LogP contribution in [0.2, 0.25) is 0 Å². The molecule has 198 valence electrons.